The molecule has 1 N–H and O–H groups in total. The molecule has 0 spiro atoms. The van der Waals surface area contributed by atoms with E-state index >= 15 is 0 Å². The summed E-state index contributed by atoms with van der Waals surface area (Å²) in [6.07, 6.45) is 2.66. The predicted octanol–water partition coefficient (Wildman–Crippen LogP) is 0.557. The van der Waals surface area contributed by atoms with E-state index in [0.717, 1.165) is 12.8 Å². The number of carboxylic acid groups (broad SMARTS) is 1. The lowest BCUT2D eigenvalue weighted by Gasteiger charge is -2.10. The second-order valence-corrected chi connectivity index (χ2v) is 3.49. The molecule has 4 nitrogen and oxygen atoms in total. The molecule has 2 fully saturated rings. The number of carboxylic acids is 1. The van der Waals surface area contributed by atoms with E-state index in [2.05, 4.69) is 0 Å². The van der Waals surface area contributed by atoms with Gasteiger partial charge in [-0.2, -0.15) is 0 Å². The molecular weight excluding hydrogens is 160 g/mol. The minimum atomic E-state index is -1.14. The van der Waals surface area contributed by atoms with E-state index in [1.807, 2.05) is 0 Å². The molecule has 0 bridgehead atoms. The lowest BCUT2D eigenvalue weighted by Crippen LogP contribution is -2.29. The highest BCUT2D eigenvalue weighted by Crippen LogP contribution is 2.42. The average Bonchev–Trinajstić information content (AvgIpc) is 2.84. The Morgan fingerprint density at radius 1 is 1.33 bits per heavy atom. The van der Waals surface area contributed by atoms with Crippen LogP contribution in [-0.4, -0.2) is 22.6 Å². The van der Waals surface area contributed by atoms with Gasteiger partial charge in [0.1, 0.15) is 0 Å². The quantitative estimate of drug-likeness (QED) is 0.628. The Kier molecular flexibility index (Phi) is 1.40. The fourth-order valence-electron chi connectivity index (χ4n) is 1.07. The van der Waals surface area contributed by atoms with Crippen LogP contribution in [0.1, 0.15) is 25.7 Å². The lowest BCUT2D eigenvalue weighted by molar-refractivity contribution is -0.168. The summed E-state index contributed by atoms with van der Waals surface area (Å²) in [7, 11) is 0. The summed E-state index contributed by atoms with van der Waals surface area (Å²) in [5, 5.41) is 8.68. The summed E-state index contributed by atoms with van der Waals surface area (Å²) in [6, 6.07) is 0. The summed E-state index contributed by atoms with van der Waals surface area (Å²) in [5.74, 6) is -1.34. The first-order valence-electron chi connectivity index (χ1n) is 4.10. The van der Waals surface area contributed by atoms with Crippen LogP contribution in [0.2, 0.25) is 0 Å². The molecule has 0 aromatic carbocycles. The van der Waals surface area contributed by atoms with Crippen molar-refractivity contribution in [2.75, 3.05) is 0 Å². The molecule has 66 valence electrons. The van der Waals surface area contributed by atoms with Gasteiger partial charge >= 0.3 is 11.9 Å². The molecule has 0 amide bonds. The Morgan fingerprint density at radius 2 is 1.92 bits per heavy atom. The summed E-state index contributed by atoms with van der Waals surface area (Å²) >= 11 is 0. The number of ether oxygens (including phenoxy) is 1. The molecule has 0 aromatic rings. The van der Waals surface area contributed by atoms with E-state index in [1.165, 1.54) is 0 Å². The number of esters is 1. The van der Waals surface area contributed by atoms with Crippen LogP contribution in [-0.2, 0) is 14.3 Å². The first-order valence-corrected chi connectivity index (χ1v) is 4.10. The van der Waals surface area contributed by atoms with Gasteiger partial charge in [0, 0.05) is 12.8 Å². The van der Waals surface area contributed by atoms with Crippen LogP contribution in [0, 0.1) is 5.92 Å². The van der Waals surface area contributed by atoms with E-state index in [0.29, 0.717) is 12.8 Å². The fraction of sp³-hybridized carbons (Fsp3) is 0.750. The van der Waals surface area contributed by atoms with Crippen molar-refractivity contribution in [1.29, 1.82) is 0 Å². The normalized spacial score (nSPS) is 24.7. The highest BCUT2D eigenvalue weighted by atomic mass is 16.6. The van der Waals surface area contributed by atoms with Gasteiger partial charge in [-0.1, -0.05) is 0 Å². The standard InChI is InChI=1S/C8H10O4/c9-6(5-1-2-5)12-8(3-4-8)7(10)11/h5H,1-4H2,(H,10,11). The van der Waals surface area contributed by atoms with E-state index in [1.54, 1.807) is 0 Å². The number of hydrogen-bond acceptors (Lipinski definition) is 3. The van der Waals surface area contributed by atoms with Crippen LogP contribution in [0.3, 0.4) is 0 Å². The van der Waals surface area contributed by atoms with Crippen molar-refractivity contribution in [3.05, 3.63) is 0 Å². The van der Waals surface area contributed by atoms with Gasteiger partial charge in [-0.05, 0) is 12.8 Å². The number of aliphatic carboxylic acids is 1. The lowest BCUT2D eigenvalue weighted by atomic mass is 10.3. The van der Waals surface area contributed by atoms with Crippen LogP contribution in [0.5, 0.6) is 0 Å². The van der Waals surface area contributed by atoms with Gasteiger partial charge < -0.3 is 9.84 Å². The zero-order valence-electron chi connectivity index (χ0n) is 6.58. The molecule has 12 heavy (non-hydrogen) atoms. The molecule has 0 aromatic heterocycles. The van der Waals surface area contributed by atoms with Crippen molar-refractivity contribution in [2.24, 2.45) is 5.92 Å². The van der Waals surface area contributed by atoms with E-state index in [-0.39, 0.29) is 11.9 Å². The molecule has 0 aliphatic heterocycles. The van der Waals surface area contributed by atoms with Crippen molar-refractivity contribution in [3.8, 4) is 0 Å². The minimum absolute atomic E-state index is 0.0122. The predicted molar refractivity (Wildman–Crippen MR) is 38.4 cm³/mol. The van der Waals surface area contributed by atoms with Crippen LogP contribution in [0.25, 0.3) is 0 Å². The van der Waals surface area contributed by atoms with Crippen molar-refractivity contribution in [2.45, 2.75) is 31.3 Å². The SMILES string of the molecule is O=C(OC1(C(=O)O)CC1)C1CC1. The molecule has 2 rings (SSSR count). The molecule has 0 heterocycles. The number of rotatable bonds is 3. The van der Waals surface area contributed by atoms with Gasteiger partial charge in [0.25, 0.3) is 0 Å². The number of carbonyl (C=O) groups is 2. The molecule has 4 heteroatoms. The van der Waals surface area contributed by atoms with Gasteiger partial charge in [0.2, 0.25) is 5.60 Å². The van der Waals surface area contributed by atoms with Gasteiger partial charge in [-0.3, -0.25) is 4.79 Å². The maximum atomic E-state index is 11.1. The van der Waals surface area contributed by atoms with Crippen LogP contribution in [0.4, 0.5) is 0 Å². The molecule has 0 atom stereocenters. The Morgan fingerprint density at radius 3 is 2.25 bits per heavy atom. The van der Waals surface area contributed by atoms with Crippen LogP contribution in [0.15, 0.2) is 0 Å². The molecule has 0 saturated heterocycles. The van der Waals surface area contributed by atoms with Crippen molar-refractivity contribution in [3.63, 3.8) is 0 Å². The van der Waals surface area contributed by atoms with Gasteiger partial charge in [-0.15, -0.1) is 0 Å². The summed E-state index contributed by atoms with van der Waals surface area (Å²) in [4.78, 5) is 21.7. The first kappa shape index (κ1) is 7.58. The van der Waals surface area contributed by atoms with Crippen molar-refractivity contribution >= 4 is 11.9 Å². The third-order valence-electron chi connectivity index (χ3n) is 2.30. The van der Waals surface area contributed by atoms with Crippen LogP contribution < -0.4 is 0 Å². The summed E-state index contributed by atoms with van der Waals surface area (Å²) in [6.45, 7) is 0. The Balaban J connectivity index is 1.93. The average molecular weight is 170 g/mol. The fourth-order valence-corrected chi connectivity index (χ4v) is 1.07. The van der Waals surface area contributed by atoms with Crippen LogP contribution >= 0.6 is 0 Å². The second kappa shape index (κ2) is 2.21. The third-order valence-corrected chi connectivity index (χ3v) is 2.30. The number of carbonyl (C=O) groups excluding carboxylic acids is 1. The topological polar surface area (TPSA) is 63.6 Å². The molecule has 2 aliphatic rings. The third kappa shape index (κ3) is 1.17. The van der Waals surface area contributed by atoms with Gasteiger partial charge in [0.05, 0.1) is 5.92 Å². The van der Waals surface area contributed by atoms with E-state index in [9.17, 15) is 9.59 Å². The highest BCUT2D eigenvalue weighted by Gasteiger charge is 2.55. The van der Waals surface area contributed by atoms with Crippen molar-refractivity contribution < 1.29 is 19.4 Å². The monoisotopic (exact) mass is 170 g/mol. The minimum Gasteiger partial charge on any atom is -0.478 e. The maximum Gasteiger partial charge on any atom is 0.348 e. The van der Waals surface area contributed by atoms with E-state index in [4.69, 9.17) is 9.84 Å². The molecule has 0 radical (unpaired) electrons. The molecular formula is C8H10O4. The van der Waals surface area contributed by atoms with Gasteiger partial charge in [0.15, 0.2) is 0 Å². The second-order valence-electron chi connectivity index (χ2n) is 3.49. The van der Waals surface area contributed by atoms with Gasteiger partial charge in [-0.25, -0.2) is 4.79 Å². The van der Waals surface area contributed by atoms with E-state index < -0.39 is 11.6 Å². The zero-order chi connectivity index (χ0) is 8.77. The Bertz CT molecular complexity index is 237. The van der Waals surface area contributed by atoms with Crippen molar-refractivity contribution in [1.82, 2.24) is 0 Å². The first-order chi connectivity index (χ1) is 5.64. The Labute approximate surface area is 69.5 Å². The molecule has 2 aliphatic carbocycles. The summed E-state index contributed by atoms with van der Waals surface area (Å²) in [5.41, 5.74) is -1.14. The smallest absolute Gasteiger partial charge is 0.348 e. The maximum absolute atomic E-state index is 11.1. The summed E-state index contributed by atoms with van der Waals surface area (Å²) < 4.78 is 4.90. The Hall–Kier alpha value is -1.06. The number of hydrogen-bond donors (Lipinski definition) is 1. The zero-order valence-corrected chi connectivity index (χ0v) is 6.58. The largest absolute Gasteiger partial charge is 0.478 e. The molecule has 2 saturated carbocycles. The molecule has 0 unspecified atom stereocenters. The highest BCUT2D eigenvalue weighted by molar-refractivity contribution is 5.86.